The highest BCUT2D eigenvalue weighted by molar-refractivity contribution is 5.97. The van der Waals surface area contributed by atoms with Crippen LogP contribution in [-0.4, -0.2) is 37.6 Å². The molecule has 0 fully saturated rings. The first-order valence-corrected chi connectivity index (χ1v) is 6.79. The van der Waals surface area contributed by atoms with Gasteiger partial charge in [0.1, 0.15) is 6.04 Å². The summed E-state index contributed by atoms with van der Waals surface area (Å²) < 4.78 is 1.58. The van der Waals surface area contributed by atoms with Crippen molar-refractivity contribution in [2.45, 2.75) is 39.7 Å². The third-order valence-electron chi connectivity index (χ3n) is 3.27. The number of hydrogen-bond acceptors (Lipinski definition) is 4. The van der Waals surface area contributed by atoms with Gasteiger partial charge in [0.05, 0.1) is 17.0 Å². The van der Waals surface area contributed by atoms with E-state index in [1.165, 1.54) is 6.20 Å². The van der Waals surface area contributed by atoms with Crippen LogP contribution in [0.3, 0.4) is 0 Å². The Kier molecular flexibility index (Phi) is 4.21. The summed E-state index contributed by atoms with van der Waals surface area (Å²) in [5.41, 5.74) is 2.42. The van der Waals surface area contributed by atoms with Crippen LogP contribution in [0.2, 0.25) is 0 Å². The van der Waals surface area contributed by atoms with E-state index in [2.05, 4.69) is 15.4 Å². The molecule has 0 aliphatic heterocycles. The van der Waals surface area contributed by atoms with E-state index in [-0.39, 0.29) is 0 Å². The molecule has 2 N–H and O–H groups in total. The third-order valence-corrected chi connectivity index (χ3v) is 3.27. The van der Waals surface area contributed by atoms with E-state index in [1.807, 2.05) is 19.9 Å². The first-order valence-electron chi connectivity index (χ1n) is 6.79. The number of aryl methyl sites for hydroxylation is 2. The molecule has 0 aromatic carbocycles. The predicted octanol–water partition coefficient (Wildman–Crippen LogP) is 1.33. The zero-order chi connectivity index (χ0) is 15.6. The Morgan fingerprint density at radius 1 is 1.43 bits per heavy atom. The Morgan fingerprint density at radius 2 is 2.14 bits per heavy atom. The average Bonchev–Trinajstić information content (AvgIpc) is 2.80. The molecule has 0 bridgehead atoms. The number of nitrogens with zero attached hydrogens (tertiary/aromatic N) is 3. The van der Waals surface area contributed by atoms with E-state index >= 15 is 0 Å². The first-order chi connectivity index (χ1) is 9.93. The van der Waals surface area contributed by atoms with Crippen molar-refractivity contribution in [1.82, 2.24) is 19.9 Å². The fourth-order valence-corrected chi connectivity index (χ4v) is 2.17. The van der Waals surface area contributed by atoms with Crippen LogP contribution in [0.1, 0.15) is 41.5 Å². The van der Waals surface area contributed by atoms with Crippen LogP contribution >= 0.6 is 0 Å². The Morgan fingerprint density at radius 3 is 2.76 bits per heavy atom. The lowest BCUT2D eigenvalue weighted by molar-refractivity contribution is -0.139. The molecule has 0 saturated heterocycles. The summed E-state index contributed by atoms with van der Waals surface area (Å²) in [5.74, 6) is -1.48. The van der Waals surface area contributed by atoms with Gasteiger partial charge in [-0.05, 0) is 20.3 Å². The van der Waals surface area contributed by atoms with Crippen molar-refractivity contribution in [3.63, 3.8) is 0 Å². The van der Waals surface area contributed by atoms with Crippen LogP contribution < -0.4 is 5.32 Å². The quantitative estimate of drug-likeness (QED) is 0.866. The van der Waals surface area contributed by atoms with Gasteiger partial charge in [-0.15, -0.1) is 0 Å². The molecule has 0 unspecified atom stereocenters. The van der Waals surface area contributed by atoms with Crippen LogP contribution in [0.15, 0.2) is 12.3 Å². The Labute approximate surface area is 122 Å². The minimum absolute atomic E-state index is 0.327. The largest absolute Gasteiger partial charge is 0.480 e. The normalized spacial score (nSPS) is 12.3. The van der Waals surface area contributed by atoms with Gasteiger partial charge in [0, 0.05) is 12.3 Å². The van der Waals surface area contributed by atoms with Crippen molar-refractivity contribution in [3.05, 3.63) is 29.2 Å². The van der Waals surface area contributed by atoms with E-state index in [0.29, 0.717) is 29.7 Å². The number of carboxylic acid groups (broad SMARTS) is 1. The molecule has 0 aliphatic rings. The van der Waals surface area contributed by atoms with Gasteiger partial charge in [0.25, 0.3) is 5.91 Å². The monoisotopic (exact) mass is 290 g/mol. The van der Waals surface area contributed by atoms with Gasteiger partial charge in [-0.1, -0.05) is 13.3 Å². The van der Waals surface area contributed by atoms with E-state index < -0.39 is 17.9 Å². The van der Waals surface area contributed by atoms with Gasteiger partial charge in [-0.25, -0.2) is 14.3 Å². The Balaban J connectivity index is 2.30. The molecule has 0 radical (unpaired) electrons. The second-order valence-electron chi connectivity index (χ2n) is 4.97. The molecule has 112 valence electrons. The fraction of sp³-hybridized carbons (Fsp3) is 0.429. The maximum absolute atomic E-state index is 12.3. The molecule has 2 heterocycles. The van der Waals surface area contributed by atoms with Crippen molar-refractivity contribution in [1.29, 1.82) is 0 Å². The van der Waals surface area contributed by atoms with Crippen molar-refractivity contribution in [2.75, 3.05) is 0 Å². The molecule has 2 rings (SSSR count). The van der Waals surface area contributed by atoms with Crippen molar-refractivity contribution < 1.29 is 14.7 Å². The number of fused-ring (bicyclic) bond motifs is 1. The lowest BCUT2D eigenvalue weighted by atomic mass is 10.1. The third kappa shape index (κ3) is 3.01. The van der Waals surface area contributed by atoms with Crippen molar-refractivity contribution >= 4 is 17.5 Å². The van der Waals surface area contributed by atoms with Gasteiger partial charge < -0.3 is 10.4 Å². The van der Waals surface area contributed by atoms with Gasteiger partial charge in [0.2, 0.25) is 0 Å². The van der Waals surface area contributed by atoms with E-state index in [4.69, 9.17) is 5.11 Å². The molecule has 2 aromatic rings. The number of rotatable bonds is 5. The molecule has 2 aromatic heterocycles. The Hall–Kier alpha value is -2.44. The fourth-order valence-electron chi connectivity index (χ4n) is 2.17. The molecule has 1 atom stereocenters. The zero-order valence-corrected chi connectivity index (χ0v) is 12.3. The number of aliphatic carboxylic acids is 1. The molecule has 0 saturated carbocycles. The molecule has 21 heavy (non-hydrogen) atoms. The second-order valence-corrected chi connectivity index (χ2v) is 4.97. The summed E-state index contributed by atoms with van der Waals surface area (Å²) in [5, 5.41) is 15.9. The van der Waals surface area contributed by atoms with Crippen molar-refractivity contribution in [3.8, 4) is 0 Å². The van der Waals surface area contributed by atoms with E-state index in [1.54, 1.807) is 11.4 Å². The average molecular weight is 290 g/mol. The van der Waals surface area contributed by atoms with Gasteiger partial charge in [-0.3, -0.25) is 4.79 Å². The number of carbonyl (C=O) groups is 2. The minimum atomic E-state index is -1.04. The van der Waals surface area contributed by atoms with Gasteiger partial charge >= 0.3 is 5.97 Å². The smallest absolute Gasteiger partial charge is 0.326 e. The standard InChI is InChI=1S/C14H18N4O3/c1-4-5-11(14(20)21)16-13(19)10-7-15-12-6-8(2)17-18(12)9(10)3/h6-7,11H,4-5H2,1-3H3,(H,16,19)(H,20,21)/t11-/m0/s1. The maximum Gasteiger partial charge on any atom is 0.326 e. The predicted molar refractivity (Wildman–Crippen MR) is 76.3 cm³/mol. The number of hydrogen-bond donors (Lipinski definition) is 2. The lowest BCUT2D eigenvalue weighted by Gasteiger charge is -2.14. The van der Waals surface area contributed by atoms with Gasteiger partial charge in [0.15, 0.2) is 5.65 Å². The summed E-state index contributed by atoms with van der Waals surface area (Å²) in [7, 11) is 0. The molecule has 7 nitrogen and oxygen atoms in total. The summed E-state index contributed by atoms with van der Waals surface area (Å²) in [6, 6.07) is 0.920. The number of aromatic nitrogens is 3. The molecular weight excluding hydrogens is 272 g/mol. The highest BCUT2D eigenvalue weighted by Gasteiger charge is 2.21. The summed E-state index contributed by atoms with van der Waals surface area (Å²) in [6.45, 7) is 5.47. The van der Waals surface area contributed by atoms with Crippen LogP contribution in [-0.2, 0) is 4.79 Å². The van der Waals surface area contributed by atoms with Crippen molar-refractivity contribution in [2.24, 2.45) is 0 Å². The minimum Gasteiger partial charge on any atom is -0.480 e. The zero-order valence-electron chi connectivity index (χ0n) is 12.3. The summed E-state index contributed by atoms with van der Waals surface area (Å²) in [4.78, 5) is 27.5. The van der Waals surface area contributed by atoms with Crippen LogP contribution in [0.4, 0.5) is 0 Å². The number of amides is 1. The maximum atomic E-state index is 12.3. The molecule has 7 heteroatoms. The van der Waals surface area contributed by atoms with Gasteiger partial charge in [-0.2, -0.15) is 5.10 Å². The molecular formula is C14H18N4O3. The van der Waals surface area contributed by atoms with E-state index in [9.17, 15) is 9.59 Å². The summed E-state index contributed by atoms with van der Waals surface area (Å²) >= 11 is 0. The first kappa shape index (κ1) is 15.0. The SMILES string of the molecule is CCC[C@H](NC(=O)c1cnc2cc(C)nn2c1C)C(=O)O. The van der Waals surface area contributed by atoms with Crippen LogP contribution in [0, 0.1) is 13.8 Å². The highest BCUT2D eigenvalue weighted by atomic mass is 16.4. The number of carboxylic acids is 1. The highest BCUT2D eigenvalue weighted by Crippen LogP contribution is 2.11. The summed E-state index contributed by atoms with van der Waals surface area (Å²) in [6.07, 6.45) is 2.51. The molecule has 0 spiro atoms. The topological polar surface area (TPSA) is 96.6 Å². The Bertz CT molecular complexity index is 693. The number of carbonyl (C=O) groups excluding carboxylic acids is 1. The molecule has 0 aliphatic carbocycles. The van der Waals surface area contributed by atoms with Crippen LogP contribution in [0.5, 0.6) is 0 Å². The lowest BCUT2D eigenvalue weighted by Crippen LogP contribution is -2.41. The second kappa shape index (κ2) is 5.90. The van der Waals surface area contributed by atoms with Crippen LogP contribution in [0.25, 0.3) is 5.65 Å². The molecule has 1 amide bonds. The van der Waals surface area contributed by atoms with E-state index in [0.717, 1.165) is 5.69 Å². The number of nitrogens with one attached hydrogen (secondary N) is 1.